The molecule has 1 heterocycles. The van der Waals surface area contributed by atoms with Crippen LogP contribution in [0.3, 0.4) is 0 Å². The third-order valence-electron chi connectivity index (χ3n) is 4.09. The van der Waals surface area contributed by atoms with E-state index >= 15 is 0 Å². The van der Waals surface area contributed by atoms with Crippen molar-refractivity contribution in [1.29, 1.82) is 0 Å². The Morgan fingerprint density at radius 1 is 1.18 bits per heavy atom. The van der Waals surface area contributed by atoms with Crippen LogP contribution in [0.5, 0.6) is 5.75 Å². The maximum Gasteiger partial charge on any atom is 0.271 e. The van der Waals surface area contributed by atoms with Crippen molar-refractivity contribution in [1.82, 2.24) is 4.98 Å². The summed E-state index contributed by atoms with van der Waals surface area (Å²) in [4.78, 5) is 27.7. The predicted molar refractivity (Wildman–Crippen MR) is 110 cm³/mol. The van der Waals surface area contributed by atoms with Crippen LogP contribution in [0.15, 0.2) is 59.1 Å². The molecule has 0 bridgehead atoms. The average Bonchev–Trinajstić information content (AvgIpc) is 2.67. The van der Waals surface area contributed by atoms with E-state index in [4.69, 9.17) is 4.74 Å². The minimum atomic E-state index is -0.533. The van der Waals surface area contributed by atoms with Gasteiger partial charge in [0.25, 0.3) is 11.6 Å². The van der Waals surface area contributed by atoms with Gasteiger partial charge in [-0.1, -0.05) is 28.1 Å². The van der Waals surface area contributed by atoms with Crippen molar-refractivity contribution in [2.24, 2.45) is 0 Å². The summed E-state index contributed by atoms with van der Waals surface area (Å²) in [6.07, 6.45) is 0. The first-order chi connectivity index (χ1) is 13.4. The highest BCUT2D eigenvalue weighted by Crippen LogP contribution is 2.30. The number of nitrogens with zero attached hydrogens (tertiary/aromatic N) is 2. The summed E-state index contributed by atoms with van der Waals surface area (Å²) in [5.41, 5.74) is 2.65. The molecule has 142 valence electrons. The van der Waals surface area contributed by atoms with Gasteiger partial charge >= 0.3 is 0 Å². The number of pyridine rings is 1. The van der Waals surface area contributed by atoms with Gasteiger partial charge in [0.05, 0.1) is 34.7 Å². The lowest BCUT2D eigenvalue weighted by molar-refractivity contribution is -0.384. The fourth-order valence-corrected chi connectivity index (χ4v) is 3.11. The number of rotatable bonds is 5. The number of nitro benzene ring substituents is 1. The predicted octanol–water partition coefficient (Wildman–Crippen LogP) is 4.99. The SMILES string of the molecule is COc1ccc([N+](=O)[O-])cc1NC(=O)c1ccc(-c2cccc(Br)c2)nc1C. The number of halogens is 1. The van der Waals surface area contributed by atoms with Gasteiger partial charge in [-0.05, 0) is 37.3 Å². The number of aromatic nitrogens is 1. The van der Waals surface area contributed by atoms with E-state index in [1.54, 1.807) is 19.1 Å². The zero-order valence-electron chi connectivity index (χ0n) is 15.1. The van der Waals surface area contributed by atoms with Crippen molar-refractivity contribution in [2.45, 2.75) is 6.92 Å². The van der Waals surface area contributed by atoms with E-state index < -0.39 is 10.8 Å². The Morgan fingerprint density at radius 3 is 2.61 bits per heavy atom. The van der Waals surface area contributed by atoms with Crippen LogP contribution in [0.2, 0.25) is 0 Å². The minimum Gasteiger partial charge on any atom is -0.495 e. The molecule has 0 saturated carbocycles. The Kier molecular flexibility index (Phi) is 5.70. The van der Waals surface area contributed by atoms with Crippen molar-refractivity contribution in [2.75, 3.05) is 12.4 Å². The van der Waals surface area contributed by atoms with E-state index in [9.17, 15) is 14.9 Å². The van der Waals surface area contributed by atoms with Gasteiger partial charge in [0.1, 0.15) is 5.75 Å². The van der Waals surface area contributed by atoms with E-state index in [0.717, 1.165) is 15.7 Å². The molecule has 1 aromatic heterocycles. The van der Waals surface area contributed by atoms with Gasteiger partial charge < -0.3 is 10.1 Å². The van der Waals surface area contributed by atoms with Crippen molar-refractivity contribution in [3.63, 3.8) is 0 Å². The van der Waals surface area contributed by atoms with E-state index in [2.05, 4.69) is 26.2 Å². The molecule has 1 amide bonds. The summed E-state index contributed by atoms with van der Waals surface area (Å²) >= 11 is 3.43. The van der Waals surface area contributed by atoms with Gasteiger partial charge in [-0.3, -0.25) is 19.9 Å². The molecule has 0 aliphatic rings. The number of anilines is 1. The summed E-state index contributed by atoms with van der Waals surface area (Å²) in [6, 6.07) is 15.1. The highest BCUT2D eigenvalue weighted by molar-refractivity contribution is 9.10. The number of nitrogens with one attached hydrogen (secondary N) is 1. The number of hydrogen-bond acceptors (Lipinski definition) is 5. The summed E-state index contributed by atoms with van der Waals surface area (Å²) in [7, 11) is 1.43. The lowest BCUT2D eigenvalue weighted by Gasteiger charge is -2.12. The quantitative estimate of drug-likeness (QED) is 0.444. The van der Waals surface area contributed by atoms with Gasteiger partial charge in [-0.2, -0.15) is 0 Å². The van der Waals surface area contributed by atoms with Gasteiger partial charge in [0.15, 0.2) is 0 Å². The molecule has 7 nitrogen and oxygen atoms in total. The average molecular weight is 442 g/mol. The molecule has 0 saturated heterocycles. The van der Waals surface area contributed by atoms with Crippen LogP contribution in [0.4, 0.5) is 11.4 Å². The molecule has 0 fully saturated rings. The fourth-order valence-electron chi connectivity index (χ4n) is 2.71. The Bertz CT molecular complexity index is 1070. The molecule has 1 N–H and O–H groups in total. The number of hydrogen-bond donors (Lipinski definition) is 1. The van der Waals surface area contributed by atoms with Gasteiger partial charge in [0, 0.05) is 22.2 Å². The standard InChI is InChI=1S/C20H16BrN3O4/c1-12-16(7-8-17(22-12)13-4-3-5-14(21)10-13)20(25)23-18-11-15(24(26)27)6-9-19(18)28-2/h3-11H,1-2H3,(H,23,25). The number of benzene rings is 2. The van der Waals surface area contributed by atoms with Gasteiger partial charge in [0.2, 0.25) is 0 Å². The van der Waals surface area contributed by atoms with Crippen molar-refractivity contribution < 1.29 is 14.5 Å². The topological polar surface area (TPSA) is 94.4 Å². The zero-order chi connectivity index (χ0) is 20.3. The maximum atomic E-state index is 12.7. The Balaban J connectivity index is 1.89. The number of aryl methyl sites for hydroxylation is 1. The third-order valence-corrected chi connectivity index (χ3v) is 4.59. The van der Waals surface area contributed by atoms with Crippen molar-refractivity contribution in [3.05, 3.63) is 80.4 Å². The lowest BCUT2D eigenvalue weighted by Crippen LogP contribution is -2.15. The number of nitro groups is 1. The molecular weight excluding hydrogens is 426 g/mol. The minimum absolute atomic E-state index is 0.143. The van der Waals surface area contributed by atoms with Crippen LogP contribution in [0.25, 0.3) is 11.3 Å². The second-order valence-corrected chi connectivity index (χ2v) is 6.85. The van der Waals surface area contributed by atoms with Crippen LogP contribution in [-0.4, -0.2) is 22.9 Å². The molecule has 0 spiro atoms. The van der Waals surface area contributed by atoms with E-state index in [1.807, 2.05) is 24.3 Å². The monoisotopic (exact) mass is 441 g/mol. The normalized spacial score (nSPS) is 10.4. The summed E-state index contributed by atoms with van der Waals surface area (Å²) in [5, 5.41) is 13.7. The molecule has 28 heavy (non-hydrogen) atoms. The molecular formula is C20H16BrN3O4. The number of carbonyl (C=O) groups excluding carboxylic acids is 1. The number of amides is 1. The number of carbonyl (C=O) groups is 1. The highest BCUT2D eigenvalue weighted by Gasteiger charge is 2.17. The van der Waals surface area contributed by atoms with Crippen LogP contribution < -0.4 is 10.1 Å². The van der Waals surface area contributed by atoms with Gasteiger partial charge in [-0.25, -0.2) is 0 Å². The van der Waals surface area contributed by atoms with E-state index in [1.165, 1.54) is 25.3 Å². The first kappa shape index (κ1) is 19.5. The summed E-state index contributed by atoms with van der Waals surface area (Å²) in [5.74, 6) is -0.0973. The van der Waals surface area contributed by atoms with Crippen molar-refractivity contribution >= 4 is 33.2 Å². The molecule has 0 unspecified atom stereocenters. The fraction of sp³-hybridized carbons (Fsp3) is 0.100. The summed E-state index contributed by atoms with van der Waals surface area (Å²) < 4.78 is 6.11. The molecule has 3 aromatic rings. The molecule has 8 heteroatoms. The molecule has 0 aliphatic heterocycles. The Morgan fingerprint density at radius 2 is 1.96 bits per heavy atom. The largest absolute Gasteiger partial charge is 0.495 e. The summed E-state index contributed by atoms with van der Waals surface area (Å²) in [6.45, 7) is 1.74. The molecule has 0 radical (unpaired) electrons. The van der Waals surface area contributed by atoms with Crippen molar-refractivity contribution in [3.8, 4) is 17.0 Å². The zero-order valence-corrected chi connectivity index (χ0v) is 16.7. The first-order valence-corrected chi connectivity index (χ1v) is 9.05. The Labute approximate surface area is 169 Å². The molecule has 3 rings (SSSR count). The van der Waals surface area contributed by atoms with Crippen LogP contribution in [0, 0.1) is 17.0 Å². The van der Waals surface area contributed by atoms with E-state index in [-0.39, 0.29) is 11.4 Å². The van der Waals surface area contributed by atoms with E-state index in [0.29, 0.717) is 17.0 Å². The smallest absolute Gasteiger partial charge is 0.271 e. The first-order valence-electron chi connectivity index (χ1n) is 8.26. The number of methoxy groups -OCH3 is 1. The highest BCUT2D eigenvalue weighted by atomic mass is 79.9. The number of ether oxygens (including phenoxy) is 1. The lowest BCUT2D eigenvalue weighted by atomic mass is 10.1. The number of non-ortho nitro benzene ring substituents is 1. The third kappa shape index (κ3) is 4.17. The van der Waals surface area contributed by atoms with Gasteiger partial charge in [-0.15, -0.1) is 0 Å². The second-order valence-electron chi connectivity index (χ2n) is 5.94. The molecule has 0 aliphatic carbocycles. The second kappa shape index (κ2) is 8.18. The van der Waals surface area contributed by atoms with Crippen LogP contribution in [0.1, 0.15) is 16.1 Å². The maximum absolute atomic E-state index is 12.7. The Hall–Kier alpha value is -3.26. The van der Waals surface area contributed by atoms with Crippen LogP contribution in [-0.2, 0) is 0 Å². The molecule has 2 aromatic carbocycles. The molecule has 0 atom stereocenters. The van der Waals surface area contributed by atoms with Crippen LogP contribution >= 0.6 is 15.9 Å².